The molecule has 1 heterocycles. The van der Waals surface area contributed by atoms with Crippen LogP contribution >= 0.6 is 11.6 Å². The summed E-state index contributed by atoms with van der Waals surface area (Å²) in [5.74, 6) is -0.223. The van der Waals surface area contributed by atoms with Crippen LogP contribution in [0.1, 0.15) is 17.5 Å². The summed E-state index contributed by atoms with van der Waals surface area (Å²) in [5, 5.41) is 9.67. The maximum Gasteiger partial charge on any atom is 0.248 e. The average molecular weight is 374 g/mol. The predicted octanol–water partition coefficient (Wildman–Crippen LogP) is 2.83. The molecule has 1 atom stereocenters. The number of anilines is 2. The molecule has 1 aliphatic rings. The number of aliphatic hydroxyl groups is 1. The summed E-state index contributed by atoms with van der Waals surface area (Å²) < 4.78 is 0. The minimum Gasteiger partial charge on any atom is -0.398 e. The minimum atomic E-state index is -0.446. The number of halogens is 1. The number of rotatable bonds is 5. The van der Waals surface area contributed by atoms with Crippen molar-refractivity contribution in [1.82, 2.24) is 4.90 Å². The predicted molar refractivity (Wildman–Crippen MR) is 105 cm³/mol. The molecule has 138 valence electrons. The van der Waals surface area contributed by atoms with E-state index in [0.29, 0.717) is 23.8 Å². The third-order valence-electron chi connectivity index (χ3n) is 5.01. The standard InChI is InChI=1S/C20H24ClN3O2/c1-14-4-2-3-5-15(14)11-24(16-6-7-19(22)18(21)10-16)17-8-9-23(12-17)20(26)13-25/h2-7,10,17,25H,8-9,11-13,22H2,1H3. The molecule has 0 radical (unpaired) electrons. The Hall–Kier alpha value is -2.24. The molecule has 1 aliphatic heterocycles. The highest BCUT2D eigenvalue weighted by Gasteiger charge is 2.30. The Morgan fingerprint density at radius 1 is 1.35 bits per heavy atom. The molecule has 1 fully saturated rings. The third kappa shape index (κ3) is 3.94. The average Bonchev–Trinajstić information content (AvgIpc) is 3.12. The zero-order valence-electron chi connectivity index (χ0n) is 14.9. The fourth-order valence-corrected chi connectivity index (χ4v) is 3.59. The van der Waals surface area contributed by atoms with Gasteiger partial charge < -0.3 is 20.6 Å². The number of aliphatic hydroxyl groups excluding tert-OH is 1. The van der Waals surface area contributed by atoms with Gasteiger partial charge in [-0.15, -0.1) is 0 Å². The second kappa shape index (κ2) is 7.98. The zero-order chi connectivity index (χ0) is 18.7. The molecule has 1 amide bonds. The largest absolute Gasteiger partial charge is 0.398 e. The van der Waals surface area contributed by atoms with Crippen LogP contribution < -0.4 is 10.6 Å². The topological polar surface area (TPSA) is 69.8 Å². The first-order valence-corrected chi connectivity index (χ1v) is 9.12. The number of carbonyl (C=O) groups excluding carboxylic acids is 1. The number of nitrogens with two attached hydrogens (primary N) is 1. The highest BCUT2D eigenvalue weighted by Crippen LogP contribution is 2.30. The van der Waals surface area contributed by atoms with Crippen molar-refractivity contribution < 1.29 is 9.90 Å². The van der Waals surface area contributed by atoms with Gasteiger partial charge in [-0.05, 0) is 42.7 Å². The number of aryl methyl sites for hydroxylation is 1. The molecule has 2 aromatic carbocycles. The van der Waals surface area contributed by atoms with Gasteiger partial charge in [0.05, 0.1) is 10.7 Å². The fourth-order valence-electron chi connectivity index (χ4n) is 3.42. The molecule has 0 saturated carbocycles. The molecule has 0 aliphatic carbocycles. The van der Waals surface area contributed by atoms with Crippen molar-refractivity contribution in [2.75, 3.05) is 30.3 Å². The number of nitrogen functional groups attached to an aromatic ring is 1. The summed E-state index contributed by atoms with van der Waals surface area (Å²) in [6.45, 7) is 3.61. The van der Waals surface area contributed by atoms with E-state index in [2.05, 4.69) is 24.0 Å². The number of carbonyl (C=O) groups is 1. The van der Waals surface area contributed by atoms with Crippen molar-refractivity contribution in [2.24, 2.45) is 0 Å². The molecular weight excluding hydrogens is 350 g/mol. The Morgan fingerprint density at radius 2 is 2.12 bits per heavy atom. The van der Waals surface area contributed by atoms with Crippen molar-refractivity contribution in [3.8, 4) is 0 Å². The lowest BCUT2D eigenvalue weighted by Crippen LogP contribution is -2.39. The summed E-state index contributed by atoms with van der Waals surface area (Å²) in [6, 6.07) is 14.1. The summed E-state index contributed by atoms with van der Waals surface area (Å²) in [4.78, 5) is 15.8. The van der Waals surface area contributed by atoms with E-state index in [4.69, 9.17) is 22.4 Å². The van der Waals surface area contributed by atoms with Crippen LogP contribution in [0.2, 0.25) is 5.02 Å². The Morgan fingerprint density at radius 3 is 2.81 bits per heavy atom. The van der Waals surface area contributed by atoms with E-state index in [9.17, 15) is 4.79 Å². The quantitative estimate of drug-likeness (QED) is 0.791. The first kappa shape index (κ1) is 18.5. The lowest BCUT2D eigenvalue weighted by molar-refractivity contribution is -0.133. The molecule has 6 heteroatoms. The number of amides is 1. The van der Waals surface area contributed by atoms with Crippen LogP contribution in [0.15, 0.2) is 42.5 Å². The number of hydrogen-bond donors (Lipinski definition) is 2. The van der Waals surface area contributed by atoms with Crippen molar-refractivity contribution in [3.05, 3.63) is 58.6 Å². The van der Waals surface area contributed by atoms with Gasteiger partial charge in [-0.3, -0.25) is 4.79 Å². The van der Waals surface area contributed by atoms with Crippen LogP contribution in [0.25, 0.3) is 0 Å². The second-order valence-corrected chi connectivity index (χ2v) is 7.11. The first-order chi connectivity index (χ1) is 12.5. The molecule has 0 spiro atoms. The second-order valence-electron chi connectivity index (χ2n) is 6.70. The molecule has 2 aromatic rings. The van der Waals surface area contributed by atoms with Crippen molar-refractivity contribution >= 4 is 28.9 Å². The van der Waals surface area contributed by atoms with E-state index in [1.807, 2.05) is 30.3 Å². The van der Waals surface area contributed by atoms with Crippen LogP contribution in [-0.4, -0.2) is 41.7 Å². The summed E-state index contributed by atoms with van der Waals surface area (Å²) in [7, 11) is 0. The molecule has 26 heavy (non-hydrogen) atoms. The summed E-state index contributed by atoms with van der Waals surface area (Å²) >= 11 is 6.25. The van der Waals surface area contributed by atoms with E-state index in [1.54, 1.807) is 4.90 Å². The monoisotopic (exact) mass is 373 g/mol. The molecule has 1 unspecified atom stereocenters. The normalized spacial score (nSPS) is 16.7. The van der Waals surface area contributed by atoms with E-state index in [0.717, 1.165) is 18.7 Å². The van der Waals surface area contributed by atoms with E-state index in [-0.39, 0.29) is 11.9 Å². The summed E-state index contributed by atoms with van der Waals surface area (Å²) in [6.07, 6.45) is 0.847. The lowest BCUT2D eigenvalue weighted by atomic mass is 10.1. The van der Waals surface area contributed by atoms with Gasteiger partial charge in [0, 0.05) is 31.4 Å². The maximum atomic E-state index is 11.8. The molecule has 5 nitrogen and oxygen atoms in total. The van der Waals surface area contributed by atoms with Crippen molar-refractivity contribution in [3.63, 3.8) is 0 Å². The molecular formula is C20H24ClN3O2. The number of nitrogens with zero attached hydrogens (tertiary/aromatic N) is 2. The number of likely N-dealkylation sites (tertiary alicyclic amines) is 1. The van der Waals surface area contributed by atoms with Gasteiger partial charge in [-0.1, -0.05) is 35.9 Å². The highest BCUT2D eigenvalue weighted by atomic mass is 35.5. The Labute approximate surface area is 159 Å². The van der Waals surface area contributed by atoms with Gasteiger partial charge in [0.2, 0.25) is 5.91 Å². The Balaban J connectivity index is 1.90. The first-order valence-electron chi connectivity index (χ1n) is 8.74. The molecule has 1 saturated heterocycles. The summed E-state index contributed by atoms with van der Waals surface area (Å²) in [5.41, 5.74) is 9.85. The van der Waals surface area contributed by atoms with Gasteiger partial charge in [0.1, 0.15) is 6.61 Å². The highest BCUT2D eigenvalue weighted by molar-refractivity contribution is 6.33. The van der Waals surface area contributed by atoms with Gasteiger partial charge in [0.15, 0.2) is 0 Å². The van der Waals surface area contributed by atoms with Crippen LogP contribution in [0.5, 0.6) is 0 Å². The Kier molecular flexibility index (Phi) is 5.69. The minimum absolute atomic E-state index is 0.157. The van der Waals surface area contributed by atoms with E-state index in [1.165, 1.54) is 11.1 Å². The molecule has 0 aromatic heterocycles. The van der Waals surface area contributed by atoms with Crippen LogP contribution in [0.4, 0.5) is 11.4 Å². The van der Waals surface area contributed by atoms with Gasteiger partial charge in [-0.2, -0.15) is 0 Å². The SMILES string of the molecule is Cc1ccccc1CN(c1ccc(N)c(Cl)c1)C1CCN(C(=O)CO)C1. The van der Waals surface area contributed by atoms with Crippen LogP contribution in [-0.2, 0) is 11.3 Å². The Bertz CT molecular complexity index is 796. The van der Waals surface area contributed by atoms with E-state index < -0.39 is 6.61 Å². The number of benzene rings is 2. The molecule has 3 rings (SSSR count). The van der Waals surface area contributed by atoms with Gasteiger partial charge >= 0.3 is 0 Å². The zero-order valence-corrected chi connectivity index (χ0v) is 15.6. The molecule has 0 bridgehead atoms. The van der Waals surface area contributed by atoms with Crippen molar-refractivity contribution in [2.45, 2.75) is 25.9 Å². The third-order valence-corrected chi connectivity index (χ3v) is 5.34. The smallest absolute Gasteiger partial charge is 0.248 e. The maximum absolute atomic E-state index is 11.8. The van der Waals surface area contributed by atoms with Crippen LogP contribution in [0, 0.1) is 6.92 Å². The molecule has 3 N–H and O–H groups in total. The lowest BCUT2D eigenvalue weighted by Gasteiger charge is -2.32. The fraction of sp³-hybridized carbons (Fsp3) is 0.350. The van der Waals surface area contributed by atoms with Gasteiger partial charge in [0.25, 0.3) is 0 Å². The van der Waals surface area contributed by atoms with Crippen molar-refractivity contribution in [1.29, 1.82) is 0 Å². The number of hydrogen-bond acceptors (Lipinski definition) is 4. The van der Waals surface area contributed by atoms with Crippen LogP contribution in [0.3, 0.4) is 0 Å². The van der Waals surface area contributed by atoms with Gasteiger partial charge in [-0.25, -0.2) is 0 Å². The van der Waals surface area contributed by atoms with E-state index >= 15 is 0 Å².